The van der Waals surface area contributed by atoms with E-state index >= 15 is 0 Å². The van der Waals surface area contributed by atoms with Gasteiger partial charge in [0.2, 0.25) is 5.88 Å². The first kappa shape index (κ1) is 21.8. The van der Waals surface area contributed by atoms with Crippen LogP contribution in [0.5, 0.6) is 5.88 Å². The number of carboxylic acids is 1. The van der Waals surface area contributed by atoms with Crippen molar-refractivity contribution >= 4 is 32.6 Å². The molecule has 0 spiro atoms. The first-order valence-corrected chi connectivity index (χ1v) is 11.1. The molecule has 8 nitrogen and oxygen atoms in total. The van der Waals surface area contributed by atoms with Crippen molar-refractivity contribution in [1.82, 2.24) is 9.97 Å². The van der Waals surface area contributed by atoms with Crippen molar-refractivity contribution < 1.29 is 23.1 Å². The molecule has 0 radical (unpaired) electrons. The number of nitrogens with zero attached hydrogens (tertiary/aromatic N) is 2. The fourth-order valence-corrected chi connectivity index (χ4v) is 4.30. The van der Waals surface area contributed by atoms with Crippen LogP contribution in [-0.4, -0.2) is 36.6 Å². The maximum Gasteiger partial charge on any atom is 0.354 e. The SMILES string of the molecule is COc1ccc2cccc(S(=O)(=O)Nc3ccccc3C#Cc3ccc(C(=O)O)nc3)c2n1. The summed E-state index contributed by atoms with van der Waals surface area (Å²) in [6, 6.07) is 17.9. The predicted molar refractivity (Wildman–Crippen MR) is 123 cm³/mol. The van der Waals surface area contributed by atoms with Crippen LogP contribution < -0.4 is 9.46 Å². The first-order valence-electron chi connectivity index (χ1n) is 9.64. The zero-order valence-corrected chi connectivity index (χ0v) is 18.1. The Kier molecular flexibility index (Phi) is 5.93. The number of aromatic carboxylic acids is 1. The van der Waals surface area contributed by atoms with Crippen LogP contribution in [0, 0.1) is 11.8 Å². The highest BCUT2D eigenvalue weighted by molar-refractivity contribution is 7.93. The average molecular weight is 459 g/mol. The van der Waals surface area contributed by atoms with Crippen LogP contribution in [0.1, 0.15) is 21.6 Å². The minimum Gasteiger partial charge on any atom is -0.481 e. The van der Waals surface area contributed by atoms with Gasteiger partial charge in [0.25, 0.3) is 10.0 Å². The zero-order chi connectivity index (χ0) is 23.4. The molecule has 9 heteroatoms. The average Bonchev–Trinajstić information content (AvgIpc) is 2.82. The molecule has 33 heavy (non-hydrogen) atoms. The monoisotopic (exact) mass is 459 g/mol. The number of ether oxygens (including phenoxy) is 1. The fraction of sp³-hybridized carbons (Fsp3) is 0.0417. The van der Waals surface area contributed by atoms with Gasteiger partial charge in [-0.2, -0.15) is 0 Å². The summed E-state index contributed by atoms with van der Waals surface area (Å²) in [5.41, 5.74) is 1.42. The van der Waals surface area contributed by atoms with E-state index in [0.29, 0.717) is 28.1 Å². The molecular weight excluding hydrogens is 442 g/mol. The van der Waals surface area contributed by atoms with Crippen molar-refractivity contribution in [2.45, 2.75) is 4.90 Å². The second-order valence-corrected chi connectivity index (χ2v) is 8.47. The maximum atomic E-state index is 13.2. The fourth-order valence-electron chi connectivity index (χ4n) is 3.05. The smallest absolute Gasteiger partial charge is 0.354 e. The van der Waals surface area contributed by atoms with Crippen molar-refractivity contribution in [1.29, 1.82) is 0 Å². The van der Waals surface area contributed by atoms with Crippen LogP contribution in [0.15, 0.2) is 77.8 Å². The first-order chi connectivity index (χ1) is 15.9. The van der Waals surface area contributed by atoms with E-state index in [0.717, 1.165) is 0 Å². The van der Waals surface area contributed by atoms with Crippen LogP contribution in [-0.2, 0) is 10.0 Å². The van der Waals surface area contributed by atoms with Gasteiger partial charge >= 0.3 is 5.97 Å². The van der Waals surface area contributed by atoms with Crippen molar-refractivity contribution in [3.05, 3.63) is 89.7 Å². The second kappa shape index (κ2) is 8.98. The third-order valence-electron chi connectivity index (χ3n) is 4.65. The molecule has 0 bridgehead atoms. The molecule has 2 aromatic heterocycles. The lowest BCUT2D eigenvalue weighted by Crippen LogP contribution is -2.14. The molecule has 0 amide bonds. The van der Waals surface area contributed by atoms with E-state index < -0.39 is 16.0 Å². The molecule has 0 aliphatic carbocycles. The van der Waals surface area contributed by atoms with Crippen molar-refractivity contribution in [3.63, 3.8) is 0 Å². The summed E-state index contributed by atoms with van der Waals surface area (Å²) in [6.45, 7) is 0. The van der Waals surface area contributed by atoms with Gasteiger partial charge in [-0.3, -0.25) is 4.72 Å². The van der Waals surface area contributed by atoms with E-state index in [1.807, 2.05) is 0 Å². The van der Waals surface area contributed by atoms with E-state index in [1.54, 1.807) is 48.5 Å². The maximum absolute atomic E-state index is 13.2. The standard InChI is InChI=1S/C24H17N3O5S/c1-32-22-14-12-18-6-4-8-21(23(18)26-22)33(30,31)27-19-7-3-2-5-17(19)11-9-16-10-13-20(24(28)29)25-15-16/h2-8,10,12-15,27H,1H3,(H,28,29). The summed E-state index contributed by atoms with van der Waals surface area (Å²) in [6.07, 6.45) is 1.35. The molecule has 4 aromatic rings. The molecule has 2 aromatic carbocycles. The van der Waals surface area contributed by atoms with Crippen LogP contribution in [0.25, 0.3) is 10.9 Å². The summed E-state index contributed by atoms with van der Waals surface area (Å²) in [7, 11) is -2.54. The van der Waals surface area contributed by atoms with E-state index in [4.69, 9.17) is 9.84 Å². The number of aromatic nitrogens is 2. The Hall–Kier alpha value is -4.42. The number of carboxylic acid groups (broad SMARTS) is 1. The number of hydrogen-bond donors (Lipinski definition) is 2. The molecule has 0 saturated heterocycles. The van der Waals surface area contributed by atoms with Gasteiger partial charge in [-0.1, -0.05) is 36.1 Å². The Balaban J connectivity index is 1.69. The van der Waals surface area contributed by atoms with Crippen LogP contribution in [0.4, 0.5) is 5.69 Å². The predicted octanol–water partition coefficient (Wildman–Crippen LogP) is 3.54. The molecular formula is C24H17N3O5S. The number of carbonyl (C=O) groups is 1. The third kappa shape index (κ3) is 4.76. The van der Waals surface area contributed by atoms with Crippen LogP contribution >= 0.6 is 0 Å². The topological polar surface area (TPSA) is 118 Å². The molecule has 0 saturated carbocycles. The Labute approximate surface area is 190 Å². The number of pyridine rings is 2. The Bertz CT molecular complexity index is 1520. The van der Waals surface area contributed by atoms with Gasteiger partial charge in [0, 0.05) is 28.8 Å². The molecule has 2 heterocycles. The number of nitrogens with one attached hydrogen (secondary N) is 1. The summed E-state index contributed by atoms with van der Waals surface area (Å²) in [5, 5.41) is 9.60. The van der Waals surface area contributed by atoms with Crippen LogP contribution in [0.2, 0.25) is 0 Å². The lowest BCUT2D eigenvalue weighted by Gasteiger charge is -2.12. The normalized spacial score (nSPS) is 10.8. The highest BCUT2D eigenvalue weighted by Gasteiger charge is 2.20. The molecule has 4 rings (SSSR count). The Morgan fingerprint density at radius 1 is 1.00 bits per heavy atom. The van der Waals surface area contributed by atoms with Crippen molar-refractivity contribution in [3.8, 4) is 17.7 Å². The van der Waals surface area contributed by atoms with E-state index in [2.05, 4.69) is 26.5 Å². The Morgan fingerprint density at radius 2 is 1.82 bits per heavy atom. The van der Waals surface area contributed by atoms with Gasteiger partial charge in [0.05, 0.1) is 18.3 Å². The summed E-state index contributed by atoms with van der Waals surface area (Å²) < 4.78 is 34.2. The molecule has 164 valence electrons. The number of sulfonamides is 1. The highest BCUT2D eigenvalue weighted by Crippen LogP contribution is 2.26. The summed E-state index contributed by atoms with van der Waals surface area (Å²) in [4.78, 5) is 19.1. The molecule has 0 fully saturated rings. The number of benzene rings is 2. The number of rotatable bonds is 5. The Morgan fingerprint density at radius 3 is 2.55 bits per heavy atom. The molecule has 0 aliphatic rings. The second-order valence-electron chi connectivity index (χ2n) is 6.82. The van der Waals surface area contributed by atoms with Crippen LogP contribution in [0.3, 0.4) is 0 Å². The van der Waals surface area contributed by atoms with E-state index in [-0.39, 0.29) is 16.1 Å². The molecule has 2 N–H and O–H groups in total. The lowest BCUT2D eigenvalue weighted by atomic mass is 10.1. The van der Waals surface area contributed by atoms with Crippen molar-refractivity contribution in [2.24, 2.45) is 0 Å². The van der Waals surface area contributed by atoms with Gasteiger partial charge in [0.1, 0.15) is 10.6 Å². The van der Waals surface area contributed by atoms with E-state index in [1.165, 1.54) is 31.5 Å². The van der Waals surface area contributed by atoms with E-state index in [9.17, 15) is 13.2 Å². The largest absolute Gasteiger partial charge is 0.481 e. The summed E-state index contributed by atoms with van der Waals surface area (Å²) >= 11 is 0. The van der Waals surface area contributed by atoms with Gasteiger partial charge < -0.3 is 9.84 Å². The van der Waals surface area contributed by atoms with Gasteiger partial charge in [0.15, 0.2) is 0 Å². The zero-order valence-electron chi connectivity index (χ0n) is 17.3. The van der Waals surface area contributed by atoms with Gasteiger partial charge in [-0.05, 0) is 36.4 Å². The quantitative estimate of drug-likeness (QED) is 0.438. The number of anilines is 1. The number of fused-ring (bicyclic) bond motifs is 1. The minimum absolute atomic E-state index is 0.00937. The molecule has 0 unspecified atom stereocenters. The summed E-state index contributed by atoms with van der Waals surface area (Å²) in [5.74, 6) is 4.95. The number of methoxy groups -OCH3 is 1. The molecule has 0 aliphatic heterocycles. The van der Waals surface area contributed by atoms with Gasteiger partial charge in [-0.15, -0.1) is 0 Å². The number of para-hydroxylation sites is 2. The minimum atomic E-state index is -4.00. The van der Waals surface area contributed by atoms with Gasteiger partial charge in [-0.25, -0.2) is 23.2 Å². The lowest BCUT2D eigenvalue weighted by molar-refractivity contribution is 0.0690. The molecule has 0 atom stereocenters. The van der Waals surface area contributed by atoms with Crippen molar-refractivity contribution in [2.75, 3.05) is 11.8 Å². The third-order valence-corrected chi connectivity index (χ3v) is 6.05. The number of hydrogen-bond acceptors (Lipinski definition) is 6. The highest BCUT2D eigenvalue weighted by atomic mass is 32.2.